The summed E-state index contributed by atoms with van der Waals surface area (Å²) >= 11 is 0. The van der Waals surface area contributed by atoms with Crippen LogP contribution in [0.5, 0.6) is 5.75 Å². The highest BCUT2D eigenvalue weighted by atomic mass is 19.4. The molecule has 1 rings (SSSR count). The molecule has 7 heteroatoms. The molecular formula is C11H10F3NO3. The summed E-state index contributed by atoms with van der Waals surface area (Å²) in [5, 5.41) is 2.19. The van der Waals surface area contributed by atoms with Crippen LogP contribution in [0, 0.1) is 0 Å². The number of ether oxygens (including phenoxy) is 1. The maximum atomic E-state index is 12.8. The largest absolute Gasteiger partial charge is 0.495 e. The fourth-order valence-electron chi connectivity index (χ4n) is 1.45. The smallest absolute Gasteiger partial charge is 0.420 e. The Kier molecular flexibility index (Phi) is 3.95. The van der Waals surface area contributed by atoms with E-state index in [0.29, 0.717) is 6.07 Å². The Morgan fingerprint density at radius 2 is 2.00 bits per heavy atom. The number of carbonyl (C=O) groups is 2. The highest BCUT2D eigenvalue weighted by Crippen LogP contribution is 2.39. The Hall–Kier alpha value is -2.05. The minimum Gasteiger partial charge on any atom is -0.495 e. The zero-order valence-electron chi connectivity index (χ0n) is 9.59. The van der Waals surface area contributed by atoms with Crippen LogP contribution in [-0.2, 0) is 11.0 Å². The van der Waals surface area contributed by atoms with Gasteiger partial charge in [0.1, 0.15) is 11.3 Å². The Bertz CT molecular complexity index is 483. The van der Waals surface area contributed by atoms with Crippen LogP contribution in [0.2, 0.25) is 0 Å². The lowest BCUT2D eigenvalue weighted by atomic mass is 10.1. The van der Waals surface area contributed by atoms with Crippen LogP contribution < -0.4 is 10.1 Å². The van der Waals surface area contributed by atoms with Crippen molar-refractivity contribution in [1.29, 1.82) is 0 Å². The number of halogens is 3. The van der Waals surface area contributed by atoms with Crippen LogP contribution >= 0.6 is 0 Å². The molecular weight excluding hydrogens is 251 g/mol. The number of carbonyl (C=O) groups excluding carboxylic acids is 2. The summed E-state index contributed by atoms with van der Waals surface area (Å²) in [7, 11) is 1.04. The number of amides is 1. The van der Waals surface area contributed by atoms with Crippen molar-refractivity contribution < 1.29 is 27.5 Å². The number of alkyl halides is 3. The molecule has 0 aromatic heterocycles. The topological polar surface area (TPSA) is 55.4 Å². The van der Waals surface area contributed by atoms with Crippen molar-refractivity contribution in [2.24, 2.45) is 0 Å². The van der Waals surface area contributed by atoms with Crippen molar-refractivity contribution in [2.45, 2.75) is 13.1 Å². The van der Waals surface area contributed by atoms with Gasteiger partial charge in [0.05, 0.1) is 12.7 Å². The van der Waals surface area contributed by atoms with Gasteiger partial charge in [0.2, 0.25) is 5.91 Å². The third-order valence-corrected chi connectivity index (χ3v) is 2.07. The number of aldehydes is 1. The summed E-state index contributed by atoms with van der Waals surface area (Å²) in [5.74, 6) is -1.10. The maximum Gasteiger partial charge on any atom is 0.420 e. The first-order valence-electron chi connectivity index (χ1n) is 4.81. The summed E-state index contributed by atoms with van der Waals surface area (Å²) in [4.78, 5) is 21.6. The lowest BCUT2D eigenvalue weighted by Crippen LogP contribution is -2.12. The third kappa shape index (κ3) is 2.99. The predicted molar refractivity (Wildman–Crippen MR) is 57.7 cm³/mol. The fourth-order valence-corrected chi connectivity index (χ4v) is 1.45. The average Bonchev–Trinajstić information content (AvgIpc) is 2.25. The summed E-state index contributed by atoms with van der Waals surface area (Å²) in [5.41, 5.74) is -1.51. The van der Waals surface area contributed by atoms with Crippen LogP contribution in [0.25, 0.3) is 0 Å². The number of methoxy groups -OCH3 is 1. The van der Waals surface area contributed by atoms with Gasteiger partial charge in [-0.3, -0.25) is 9.59 Å². The molecule has 0 atom stereocenters. The number of nitrogens with one attached hydrogen (secondary N) is 1. The first kappa shape index (κ1) is 14.0. The number of rotatable bonds is 3. The number of hydrogen-bond acceptors (Lipinski definition) is 3. The standard InChI is InChI=1S/C11H10F3NO3/c1-6(17)15-8-3-7(5-16)10(18-2)9(4-8)11(12,13)14/h3-5H,1-2H3,(H,15,17). The van der Waals surface area contributed by atoms with Gasteiger partial charge in [0.15, 0.2) is 6.29 Å². The van der Waals surface area contributed by atoms with Gasteiger partial charge in [-0.05, 0) is 12.1 Å². The first-order chi connectivity index (χ1) is 8.29. The molecule has 0 fully saturated rings. The fraction of sp³-hybridized carbons (Fsp3) is 0.273. The van der Waals surface area contributed by atoms with Crippen molar-refractivity contribution in [1.82, 2.24) is 0 Å². The molecule has 1 N–H and O–H groups in total. The summed E-state index contributed by atoms with van der Waals surface area (Å²) in [6.07, 6.45) is -4.45. The van der Waals surface area contributed by atoms with Crippen molar-refractivity contribution in [3.05, 3.63) is 23.3 Å². The second-order valence-electron chi connectivity index (χ2n) is 3.44. The normalized spacial score (nSPS) is 10.9. The SMILES string of the molecule is COc1c(C=O)cc(NC(C)=O)cc1C(F)(F)F. The van der Waals surface area contributed by atoms with E-state index in [-0.39, 0.29) is 17.5 Å². The minimum absolute atomic E-state index is 0.113. The summed E-state index contributed by atoms with van der Waals surface area (Å²) in [6.45, 7) is 1.15. The molecule has 0 saturated carbocycles. The van der Waals surface area contributed by atoms with Crippen molar-refractivity contribution in [3.63, 3.8) is 0 Å². The first-order valence-corrected chi connectivity index (χ1v) is 4.81. The van der Waals surface area contributed by atoms with E-state index in [1.807, 2.05) is 0 Å². The van der Waals surface area contributed by atoms with Crippen LogP contribution in [0.3, 0.4) is 0 Å². The van der Waals surface area contributed by atoms with Gasteiger partial charge in [-0.15, -0.1) is 0 Å². The molecule has 0 aliphatic rings. The van der Waals surface area contributed by atoms with Crippen LogP contribution in [0.1, 0.15) is 22.8 Å². The highest BCUT2D eigenvalue weighted by molar-refractivity contribution is 5.91. The number of benzene rings is 1. The van der Waals surface area contributed by atoms with E-state index >= 15 is 0 Å². The molecule has 0 unspecified atom stereocenters. The maximum absolute atomic E-state index is 12.8. The van der Waals surface area contributed by atoms with E-state index in [4.69, 9.17) is 0 Å². The zero-order valence-corrected chi connectivity index (χ0v) is 9.59. The minimum atomic E-state index is -4.68. The Balaban J connectivity index is 3.45. The Morgan fingerprint density at radius 3 is 2.39 bits per heavy atom. The van der Waals surface area contributed by atoms with Gasteiger partial charge in [-0.1, -0.05) is 0 Å². The number of hydrogen-bond donors (Lipinski definition) is 1. The van der Waals surface area contributed by atoms with Crippen molar-refractivity contribution >= 4 is 17.9 Å². The molecule has 0 saturated heterocycles. The van der Waals surface area contributed by atoms with Gasteiger partial charge < -0.3 is 10.1 Å². The Morgan fingerprint density at radius 1 is 1.39 bits per heavy atom. The van der Waals surface area contributed by atoms with E-state index < -0.39 is 23.4 Å². The molecule has 1 amide bonds. The van der Waals surface area contributed by atoms with E-state index in [1.54, 1.807) is 0 Å². The molecule has 98 valence electrons. The Labute approximate surface area is 101 Å². The van der Waals surface area contributed by atoms with Crippen LogP contribution in [-0.4, -0.2) is 19.3 Å². The average molecular weight is 261 g/mol. The van der Waals surface area contributed by atoms with E-state index in [9.17, 15) is 22.8 Å². The molecule has 0 heterocycles. The van der Waals surface area contributed by atoms with E-state index in [0.717, 1.165) is 20.1 Å². The number of anilines is 1. The van der Waals surface area contributed by atoms with Gasteiger partial charge in [-0.2, -0.15) is 13.2 Å². The van der Waals surface area contributed by atoms with Gasteiger partial charge >= 0.3 is 6.18 Å². The molecule has 4 nitrogen and oxygen atoms in total. The monoisotopic (exact) mass is 261 g/mol. The highest BCUT2D eigenvalue weighted by Gasteiger charge is 2.36. The second-order valence-corrected chi connectivity index (χ2v) is 3.44. The van der Waals surface area contributed by atoms with Gasteiger partial charge in [-0.25, -0.2) is 0 Å². The zero-order chi connectivity index (χ0) is 13.9. The molecule has 18 heavy (non-hydrogen) atoms. The molecule has 0 bridgehead atoms. The molecule has 1 aromatic rings. The van der Waals surface area contributed by atoms with Crippen molar-refractivity contribution in [2.75, 3.05) is 12.4 Å². The predicted octanol–water partition coefficient (Wildman–Crippen LogP) is 2.48. The van der Waals surface area contributed by atoms with Crippen LogP contribution in [0.4, 0.5) is 18.9 Å². The quantitative estimate of drug-likeness (QED) is 0.850. The van der Waals surface area contributed by atoms with Gasteiger partial charge in [0.25, 0.3) is 0 Å². The van der Waals surface area contributed by atoms with E-state index in [1.165, 1.54) is 0 Å². The second kappa shape index (κ2) is 5.07. The molecule has 0 aliphatic carbocycles. The summed E-state index contributed by atoms with van der Waals surface area (Å²) in [6, 6.07) is 1.83. The van der Waals surface area contributed by atoms with Crippen LogP contribution in [0.15, 0.2) is 12.1 Å². The van der Waals surface area contributed by atoms with E-state index in [2.05, 4.69) is 10.1 Å². The summed E-state index contributed by atoms with van der Waals surface area (Å²) < 4.78 is 42.9. The molecule has 0 aliphatic heterocycles. The lowest BCUT2D eigenvalue weighted by Gasteiger charge is -2.15. The molecule has 0 spiro atoms. The van der Waals surface area contributed by atoms with Crippen molar-refractivity contribution in [3.8, 4) is 5.75 Å². The van der Waals surface area contributed by atoms with Gasteiger partial charge in [0, 0.05) is 12.6 Å². The molecule has 0 radical (unpaired) electrons. The lowest BCUT2D eigenvalue weighted by molar-refractivity contribution is -0.138. The molecule has 1 aromatic carbocycles. The third-order valence-electron chi connectivity index (χ3n) is 2.07.